The van der Waals surface area contributed by atoms with Crippen molar-refractivity contribution in [2.24, 2.45) is 0 Å². The lowest BCUT2D eigenvalue weighted by Crippen LogP contribution is -2.23. The highest BCUT2D eigenvalue weighted by Gasteiger charge is 2.29. The van der Waals surface area contributed by atoms with Crippen LogP contribution in [0.1, 0.15) is 25.3 Å². The molecule has 0 bridgehead atoms. The second kappa shape index (κ2) is 4.99. The van der Waals surface area contributed by atoms with Gasteiger partial charge in [0.05, 0.1) is 29.2 Å². The molecule has 100 valence electrons. The predicted octanol–water partition coefficient (Wildman–Crippen LogP) is 2.38. The molecular weight excluding hydrogens is 254 g/mol. The third-order valence-corrected chi connectivity index (χ3v) is 3.33. The quantitative estimate of drug-likeness (QED) is 0.678. The molecule has 0 fully saturated rings. The Hall–Kier alpha value is -2.92. The summed E-state index contributed by atoms with van der Waals surface area (Å²) in [6.07, 6.45) is 0. The van der Waals surface area contributed by atoms with Crippen LogP contribution in [0.25, 0.3) is 0 Å². The Morgan fingerprint density at radius 2 is 1.55 bits per heavy atom. The maximum atomic E-state index is 9.62. The standard InChI is InChI=1S/C15H13N3O2/c1-8-11(6-16)15(12(7-17)9(2)18-8)10-3-4-13(19)14(20)5-10/h3-5,15,18-20H,1-2H3. The zero-order valence-corrected chi connectivity index (χ0v) is 11.1. The molecule has 1 heterocycles. The maximum absolute atomic E-state index is 9.62. The van der Waals surface area contributed by atoms with Crippen LogP contribution in [0.3, 0.4) is 0 Å². The average molecular weight is 267 g/mol. The van der Waals surface area contributed by atoms with Crippen LogP contribution in [-0.2, 0) is 0 Å². The Morgan fingerprint density at radius 1 is 1.00 bits per heavy atom. The Bertz CT molecular complexity index is 682. The lowest BCUT2D eigenvalue weighted by molar-refractivity contribution is 0.403. The summed E-state index contributed by atoms with van der Waals surface area (Å²) in [5.74, 6) is -1.04. The minimum Gasteiger partial charge on any atom is -0.504 e. The summed E-state index contributed by atoms with van der Waals surface area (Å²) in [5.41, 5.74) is 2.81. The van der Waals surface area contributed by atoms with Gasteiger partial charge in [-0.1, -0.05) is 6.07 Å². The molecule has 0 aromatic heterocycles. The molecule has 1 aromatic carbocycles. The van der Waals surface area contributed by atoms with E-state index in [-0.39, 0.29) is 11.5 Å². The van der Waals surface area contributed by atoms with Crippen molar-refractivity contribution in [1.82, 2.24) is 5.32 Å². The van der Waals surface area contributed by atoms with E-state index >= 15 is 0 Å². The Labute approximate surface area is 116 Å². The van der Waals surface area contributed by atoms with Gasteiger partial charge in [-0.3, -0.25) is 0 Å². The number of nitriles is 2. The summed E-state index contributed by atoms with van der Waals surface area (Å²) in [4.78, 5) is 0. The van der Waals surface area contributed by atoms with Gasteiger partial charge in [-0.2, -0.15) is 10.5 Å². The summed E-state index contributed by atoms with van der Waals surface area (Å²) in [6, 6.07) is 8.54. The largest absolute Gasteiger partial charge is 0.504 e. The van der Waals surface area contributed by atoms with E-state index in [0.717, 1.165) is 0 Å². The van der Waals surface area contributed by atoms with Crippen molar-refractivity contribution in [2.45, 2.75) is 19.8 Å². The number of dihydropyridines is 1. The van der Waals surface area contributed by atoms with Gasteiger partial charge < -0.3 is 15.5 Å². The lowest BCUT2D eigenvalue weighted by Gasteiger charge is -2.26. The summed E-state index contributed by atoms with van der Waals surface area (Å²) in [6.45, 7) is 3.53. The molecule has 1 aliphatic heterocycles. The van der Waals surface area contributed by atoms with Crippen LogP contribution in [0, 0.1) is 22.7 Å². The van der Waals surface area contributed by atoms with E-state index in [1.807, 2.05) is 0 Å². The number of hydrogen-bond acceptors (Lipinski definition) is 5. The molecule has 5 nitrogen and oxygen atoms in total. The lowest BCUT2D eigenvalue weighted by atomic mass is 9.81. The van der Waals surface area contributed by atoms with Crippen LogP contribution in [0.4, 0.5) is 0 Å². The molecule has 1 aliphatic rings. The number of aromatic hydroxyl groups is 2. The minimum atomic E-state index is -0.530. The first kappa shape index (κ1) is 13.5. The van der Waals surface area contributed by atoms with Gasteiger partial charge >= 0.3 is 0 Å². The first-order valence-corrected chi connectivity index (χ1v) is 6.00. The van der Waals surface area contributed by atoms with Crippen LogP contribution in [-0.4, -0.2) is 10.2 Å². The van der Waals surface area contributed by atoms with Gasteiger partial charge in [0.1, 0.15) is 0 Å². The van der Waals surface area contributed by atoms with Crippen molar-refractivity contribution in [3.8, 4) is 23.6 Å². The van der Waals surface area contributed by atoms with Gasteiger partial charge in [0.15, 0.2) is 11.5 Å². The molecule has 0 amide bonds. The van der Waals surface area contributed by atoms with Crippen LogP contribution in [0.5, 0.6) is 11.5 Å². The first-order chi connectivity index (χ1) is 9.49. The molecule has 1 aromatic rings. The molecule has 0 aliphatic carbocycles. The van der Waals surface area contributed by atoms with Crippen LogP contribution in [0.15, 0.2) is 40.7 Å². The highest BCUT2D eigenvalue weighted by Crippen LogP contribution is 2.39. The molecule has 0 radical (unpaired) electrons. The zero-order chi connectivity index (χ0) is 14.9. The Morgan fingerprint density at radius 3 is 2.00 bits per heavy atom. The van der Waals surface area contributed by atoms with Crippen LogP contribution >= 0.6 is 0 Å². The van der Waals surface area contributed by atoms with Crippen molar-refractivity contribution in [1.29, 1.82) is 10.5 Å². The maximum Gasteiger partial charge on any atom is 0.157 e. The second-order valence-electron chi connectivity index (χ2n) is 4.61. The second-order valence-corrected chi connectivity index (χ2v) is 4.61. The third-order valence-electron chi connectivity index (χ3n) is 3.33. The van der Waals surface area contributed by atoms with Crippen molar-refractivity contribution in [3.05, 3.63) is 46.3 Å². The molecule has 0 saturated carbocycles. The van der Waals surface area contributed by atoms with Gasteiger partial charge in [-0.15, -0.1) is 0 Å². The molecular formula is C15H13N3O2. The highest BCUT2D eigenvalue weighted by molar-refractivity contribution is 5.57. The van der Waals surface area contributed by atoms with Crippen molar-refractivity contribution in [2.75, 3.05) is 0 Å². The monoisotopic (exact) mass is 267 g/mol. The van der Waals surface area contributed by atoms with E-state index < -0.39 is 5.92 Å². The number of nitrogens with zero attached hydrogens (tertiary/aromatic N) is 2. The van der Waals surface area contributed by atoms with E-state index in [0.29, 0.717) is 28.1 Å². The van der Waals surface area contributed by atoms with Crippen molar-refractivity contribution >= 4 is 0 Å². The number of hydrogen-bond donors (Lipinski definition) is 3. The number of nitrogens with one attached hydrogen (secondary N) is 1. The molecule has 0 unspecified atom stereocenters. The smallest absolute Gasteiger partial charge is 0.157 e. The van der Waals surface area contributed by atoms with Gasteiger partial charge in [0.2, 0.25) is 0 Å². The fourth-order valence-electron chi connectivity index (χ4n) is 2.34. The molecule has 2 rings (SSSR count). The normalized spacial score (nSPS) is 15.6. The average Bonchev–Trinajstić information content (AvgIpc) is 2.41. The summed E-state index contributed by atoms with van der Waals surface area (Å²) < 4.78 is 0. The fourth-order valence-corrected chi connectivity index (χ4v) is 2.34. The van der Waals surface area contributed by atoms with E-state index in [1.54, 1.807) is 19.9 Å². The Kier molecular flexibility index (Phi) is 3.37. The summed E-state index contributed by atoms with van der Waals surface area (Å²) in [5, 5.41) is 40.7. The summed E-state index contributed by atoms with van der Waals surface area (Å²) >= 11 is 0. The highest BCUT2D eigenvalue weighted by atomic mass is 16.3. The number of phenolic OH excluding ortho intramolecular Hbond substituents is 2. The fraction of sp³-hybridized carbons (Fsp3) is 0.200. The third kappa shape index (κ3) is 2.06. The SMILES string of the molecule is CC1=C(C#N)C(c2ccc(O)c(O)c2)C(C#N)=C(C)N1. The van der Waals surface area contributed by atoms with E-state index in [1.165, 1.54) is 12.1 Å². The number of phenols is 2. The zero-order valence-electron chi connectivity index (χ0n) is 11.1. The Balaban J connectivity index is 2.66. The minimum absolute atomic E-state index is 0.235. The topological polar surface area (TPSA) is 100 Å². The molecule has 0 saturated heterocycles. The van der Waals surface area contributed by atoms with Crippen LogP contribution < -0.4 is 5.32 Å². The molecule has 5 heteroatoms. The molecule has 0 spiro atoms. The van der Waals surface area contributed by atoms with Crippen molar-refractivity contribution < 1.29 is 10.2 Å². The number of benzene rings is 1. The number of rotatable bonds is 1. The van der Waals surface area contributed by atoms with Gasteiger partial charge in [0.25, 0.3) is 0 Å². The van der Waals surface area contributed by atoms with E-state index in [9.17, 15) is 20.7 Å². The van der Waals surface area contributed by atoms with Gasteiger partial charge in [-0.25, -0.2) is 0 Å². The van der Waals surface area contributed by atoms with Gasteiger partial charge in [-0.05, 0) is 31.5 Å². The molecule has 0 atom stereocenters. The van der Waals surface area contributed by atoms with Crippen LogP contribution in [0.2, 0.25) is 0 Å². The van der Waals surface area contributed by atoms with E-state index in [4.69, 9.17) is 0 Å². The number of allylic oxidation sites excluding steroid dienone is 4. The van der Waals surface area contributed by atoms with Gasteiger partial charge in [0, 0.05) is 11.4 Å². The summed E-state index contributed by atoms with van der Waals surface area (Å²) in [7, 11) is 0. The molecule has 3 N–H and O–H groups in total. The predicted molar refractivity (Wildman–Crippen MR) is 72.3 cm³/mol. The first-order valence-electron chi connectivity index (χ1n) is 6.00. The van der Waals surface area contributed by atoms with E-state index in [2.05, 4.69) is 17.5 Å². The van der Waals surface area contributed by atoms with Crippen molar-refractivity contribution in [3.63, 3.8) is 0 Å². The molecule has 20 heavy (non-hydrogen) atoms.